The van der Waals surface area contributed by atoms with E-state index in [4.69, 9.17) is 4.98 Å². The lowest BCUT2D eigenvalue weighted by Crippen LogP contribution is -2.51. The van der Waals surface area contributed by atoms with Gasteiger partial charge in [0.2, 0.25) is 11.8 Å². The van der Waals surface area contributed by atoms with E-state index < -0.39 is 29.3 Å². The van der Waals surface area contributed by atoms with Crippen molar-refractivity contribution in [2.75, 3.05) is 4.90 Å². The predicted molar refractivity (Wildman–Crippen MR) is 143 cm³/mol. The lowest BCUT2D eigenvalue weighted by atomic mass is 9.75. The molecule has 2 N–H and O–H groups in total. The topological polar surface area (TPSA) is 122 Å². The molecule has 2 saturated heterocycles. The number of para-hydroxylation sites is 2. The van der Waals surface area contributed by atoms with Crippen LogP contribution in [0.25, 0.3) is 16.6 Å². The zero-order chi connectivity index (χ0) is 27.2. The summed E-state index contributed by atoms with van der Waals surface area (Å²) in [6.45, 7) is 4.00. The molecule has 3 aromatic carbocycles. The van der Waals surface area contributed by atoms with Crippen LogP contribution in [0.4, 0.5) is 5.69 Å². The van der Waals surface area contributed by atoms with Crippen molar-refractivity contribution in [3.63, 3.8) is 0 Å². The zero-order valence-corrected chi connectivity index (χ0v) is 21.2. The SMILES string of the molecule is CC(C)[C@H]1N[C@@]2(c3ccccc3-n3c2nc2ccccc2c3=O)[C@H]2C(=O)N(c3ccc(C(=O)O)cc3)C(=O)[C@@H]12. The number of aromatic carboxylic acids is 1. The molecule has 2 fully saturated rings. The molecule has 9 nitrogen and oxygen atoms in total. The third-order valence-corrected chi connectivity index (χ3v) is 8.39. The van der Waals surface area contributed by atoms with E-state index in [0.29, 0.717) is 28.1 Å². The monoisotopic (exact) mass is 520 g/mol. The fraction of sp³-hybridized carbons (Fsp3) is 0.233. The lowest BCUT2D eigenvalue weighted by Gasteiger charge is -2.32. The molecule has 4 aromatic rings. The summed E-state index contributed by atoms with van der Waals surface area (Å²) < 4.78 is 1.58. The van der Waals surface area contributed by atoms with Gasteiger partial charge in [-0.15, -0.1) is 0 Å². The normalized spacial score (nSPS) is 25.0. The molecule has 4 heterocycles. The van der Waals surface area contributed by atoms with Crippen molar-refractivity contribution in [1.29, 1.82) is 0 Å². The number of hydrogen-bond donors (Lipinski definition) is 2. The Balaban J connectivity index is 1.49. The van der Waals surface area contributed by atoms with Crippen LogP contribution in [-0.4, -0.2) is 38.5 Å². The fourth-order valence-corrected chi connectivity index (χ4v) is 6.73. The van der Waals surface area contributed by atoms with Crippen LogP contribution in [0.2, 0.25) is 0 Å². The highest BCUT2D eigenvalue weighted by Gasteiger charge is 2.70. The van der Waals surface area contributed by atoms with Gasteiger partial charge >= 0.3 is 5.97 Å². The Bertz CT molecular complexity index is 1790. The van der Waals surface area contributed by atoms with Gasteiger partial charge in [-0.2, -0.15) is 0 Å². The van der Waals surface area contributed by atoms with Gasteiger partial charge in [-0.3, -0.25) is 24.3 Å². The van der Waals surface area contributed by atoms with E-state index in [0.717, 1.165) is 5.56 Å². The van der Waals surface area contributed by atoms with Crippen LogP contribution >= 0.6 is 0 Å². The van der Waals surface area contributed by atoms with Crippen LogP contribution in [0.15, 0.2) is 77.6 Å². The van der Waals surface area contributed by atoms with Crippen LogP contribution in [0.3, 0.4) is 0 Å². The Morgan fingerprint density at radius 1 is 0.949 bits per heavy atom. The highest BCUT2D eigenvalue weighted by molar-refractivity contribution is 6.23. The number of benzene rings is 3. The number of hydrogen-bond acceptors (Lipinski definition) is 6. The number of carboxylic acid groups (broad SMARTS) is 1. The van der Waals surface area contributed by atoms with Crippen molar-refractivity contribution >= 4 is 34.4 Å². The van der Waals surface area contributed by atoms with Crippen molar-refractivity contribution in [3.8, 4) is 5.69 Å². The van der Waals surface area contributed by atoms with Crippen LogP contribution in [-0.2, 0) is 15.1 Å². The van der Waals surface area contributed by atoms with Gasteiger partial charge in [-0.05, 0) is 48.4 Å². The molecule has 0 radical (unpaired) electrons. The minimum absolute atomic E-state index is 0.0173. The number of rotatable bonds is 3. The van der Waals surface area contributed by atoms with Crippen molar-refractivity contribution < 1.29 is 19.5 Å². The van der Waals surface area contributed by atoms with Gasteiger partial charge < -0.3 is 5.11 Å². The van der Waals surface area contributed by atoms with Crippen molar-refractivity contribution in [3.05, 3.63) is 100 Å². The second kappa shape index (κ2) is 7.94. The summed E-state index contributed by atoms with van der Waals surface area (Å²) in [6, 6.07) is 19.9. The van der Waals surface area contributed by atoms with Gasteiger partial charge in [0.25, 0.3) is 5.56 Å². The summed E-state index contributed by atoms with van der Waals surface area (Å²) in [5, 5.41) is 13.4. The molecule has 9 heteroatoms. The fourth-order valence-electron chi connectivity index (χ4n) is 6.73. The first kappa shape index (κ1) is 23.5. The van der Waals surface area contributed by atoms with Gasteiger partial charge in [0.05, 0.1) is 39.7 Å². The third kappa shape index (κ3) is 2.90. The summed E-state index contributed by atoms with van der Waals surface area (Å²) in [5.74, 6) is -3.04. The average Bonchev–Trinajstić information content (AvgIpc) is 3.52. The molecule has 194 valence electrons. The molecule has 1 spiro atoms. The Hall–Kier alpha value is -4.63. The number of carboxylic acids is 1. The number of nitrogens with one attached hydrogen (secondary N) is 1. The minimum atomic E-state index is -1.21. The number of carbonyl (C=O) groups excluding carboxylic acids is 2. The van der Waals surface area contributed by atoms with Gasteiger partial charge in [-0.1, -0.05) is 44.2 Å². The number of carbonyl (C=O) groups is 3. The average molecular weight is 521 g/mol. The maximum atomic E-state index is 14.3. The van der Waals surface area contributed by atoms with Crippen LogP contribution in [0.1, 0.15) is 35.6 Å². The first-order valence-electron chi connectivity index (χ1n) is 12.9. The Labute approximate surface area is 222 Å². The van der Waals surface area contributed by atoms with Crippen LogP contribution in [0, 0.1) is 17.8 Å². The standard InChI is InChI=1S/C30H24N4O5/c1-15(2)24-22-23(27(37)33(26(22)36)17-13-11-16(12-14-17)28(38)39)30(32-24)19-8-4-6-10-21(19)34-25(35)18-7-3-5-9-20(18)31-29(30)34/h3-15,22-24,32H,1-2H3,(H,38,39)/t22-,23-,24-,30+/m1/s1. The van der Waals surface area contributed by atoms with Gasteiger partial charge in [0.1, 0.15) is 11.4 Å². The summed E-state index contributed by atoms with van der Waals surface area (Å²) in [7, 11) is 0. The predicted octanol–water partition coefficient (Wildman–Crippen LogP) is 3.07. The van der Waals surface area contributed by atoms with E-state index in [9.17, 15) is 24.3 Å². The molecule has 1 aromatic heterocycles. The number of anilines is 1. The summed E-state index contributed by atoms with van der Waals surface area (Å²) in [6.07, 6.45) is 0. The largest absolute Gasteiger partial charge is 0.478 e. The molecule has 2 amide bonds. The number of fused-ring (bicyclic) bond motifs is 8. The lowest BCUT2D eigenvalue weighted by molar-refractivity contribution is -0.123. The Morgan fingerprint density at radius 2 is 1.64 bits per heavy atom. The number of nitrogens with zero attached hydrogens (tertiary/aromatic N) is 3. The second-order valence-corrected chi connectivity index (χ2v) is 10.7. The number of amides is 2. The maximum Gasteiger partial charge on any atom is 0.335 e. The first-order valence-corrected chi connectivity index (χ1v) is 12.9. The van der Waals surface area contributed by atoms with E-state index in [-0.39, 0.29) is 29.0 Å². The van der Waals surface area contributed by atoms with Crippen LogP contribution < -0.4 is 15.8 Å². The van der Waals surface area contributed by atoms with E-state index >= 15 is 0 Å². The maximum absolute atomic E-state index is 14.3. The molecule has 3 aliphatic heterocycles. The highest BCUT2D eigenvalue weighted by Crippen LogP contribution is 2.56. The van der Waals surface area contributed by atoms with Crippen molar-refractivity contribution in [2.24, 2.45) is 17.8 Å². The molecule has 0 saturated carbocycles. The molecule has 0 aliphatic carbocycles. The van der Waals surface area contributed by atoms with Crippen LogP contribution in [0.5, 0.6) is 0 Å². The smallest absolute Gasteiger partial charge is 0.335 e. The Morgan fingerprint density at radius 3 is 2.36 bits per heavy atom. The molecule has 3 aliphatic rings. The third-order valence-electron chi connectivity index (χ3n) is 8.39. The molecular formula is C30H24N4O5. The molecule has 39 heavy (non-hydrogen) atoms. The highest BCUT2D eigenvalue weighted by atomic mass is 16.4. The zero-order valence-electron chi connectivity index (χ0n) is 21.2. The van der Waals surface area contributed by atoms with E-state index in [1.165, 1.54) is 29.2 Å². The molecule has 7 rings (SSSR count). The number of aromatic nitrogens is 2. The molecule has 0 bridgehead atoms. The molecule has 0 unspecified atom stereocenters. The number of imide groups is 1. The molecule has 4 atom stereocenters. The van der Waals surface area contributed by atoms with E-state index in [1.807, 2.05) is 44.2 Å². The van der Waals surface area contributed by atoms with Gasteiger partial charge in [-0.25, -0.2) is 14.7 Å². The Kier molecular flexibility index (Phi) is 4.78. The van der Waals surface area contributed by atoms with Crippen molar-refractivity contribution in [1.82, 2.24) is 14.9 Å². The van der Waals surface area contributed by atoms with Gasteiger partial charge in [0, 0.05) is 11.6 Å². The minimum Gasteiger partial charge on any atom is -0.478 e. The summed E-state index contributed by atoms with van der Waals surface area (Å²) in [5.41, 5.74) is 0.821. The second-order valence-electron chi connectivity index (χ2n) is 10.7. The quantitative estimate of drug-likeness (QED) is 0.398. The van der Waals surface area contributed by atoms with E-state index in [1.54, 1.807) is 22.8 Å². The van der Waals surface area contributed by atoms with E-state index in [2.05, 4.69) is 5.32 Å². The molecular weight excluding hydrogens is 496 g/mol. The van der Waals surface area contributed by atoms with Crippen molar-refractivity contribution in [2.45, 2.75) is 25.4 Å². The summed E-state index contributed by atoms with van der Waals surface area (Å²) in [4.78, 5) is 59.7. The van der Waals surface area contributed by atoms with Gasteiger partial charge in [0.15, 0.2) is 0 Å². The first-order chi connectivity index (χ1) is 18.8. The summed E-state index contributed by atoms with van der Waals surface area (Å²) >= 11 is 0.